The molecule has 2 rings (SSSR count). The molecule has 86 valence electrons. The number of morpholine rings is 1. The average Bonchev–Trinajstić information content (AvgIpc) is 2.32. The van der Waals surface area contributed by atoms with Gasteiger partial charge in [0.25, 0.3) is 0 Å². The predicted molar refractivity (Wildman–Crippen MR) is 67.6 cm³/mol. The van der Waals surface area contributed by atoms with Crippen molar-refractivity contribution in [1.82, 2.24) is 5.32 Å². The van der Waals surface area contributed by atoms with Crippen molar-refractivity contribution < 1.29 is 4.74 Å². The first-order chi connectivity index (χ1) is 7.75. The predicted octanol–water partition coefficient (Wildman–Crippen LogP) is 2.31. The highest BCUT2D eigenvalue weighted by atomic mass is 16.5. The Morgan fingerprint density at radius 1 is 1.31 bits per heavy atom. The molecule has 1 aliphatic rings. The van der Waals surface area contributed by atoms with Crippen molar-refractivity contribution in [3.8, 4) is 0 Å². The Kier molecular flexibility index (Phi) is 3.75. The molecule has 1 unspecified atom stereocenters. The molecular formula is C14H19NO. The molecule has 1 aliphatic heterocycles. The summed E-state index contributed by atoms with van der Waals surface area (Å²) in [5.74, 6) is 0. The van der Waals surface area contributed by atoms with Gasteiger partial charge in [0, 0.05) is 12.6 Å². The first-order valence-electron chi connectivity index (χ1n) is 5.82. The summed E-state index contributed by atoms with van der Waals surface area (Å²) in [5.41, 5.74) is 3.95. The van der Waals surface area contributed by atoms with Crippen LogP contribution in [0.15, 0.2) is 24.3 Å². The van der Waals surface area contributed by atoms with Gasteiger partial charge in [-0.1, -0.05) is 30.4 Å². The van der Waals surface area contributed by atoms with Crippen molar-refractivity contribution in [3.63, 3.8) is 0 Å². The van der Waals surface area contributed by atoms with Crippen LogP contribution in [-0.4, -0.2) is 25.8 Å². The van der Waals surface area contributed by atoms with Crippen LogP contribution in [0.25, 0.3) is 6.08 Å². The second-order valence-corrected chi connectivity index (χ2v) is 4.34. The standard InChI is InChI=1S/C14H19NO/c1-11-3-4-13(9-12(11)2)5-6-14-10-16-8-7-15-14/h3-6,9,14-15H,7-8,10H2,1-2H3/b6-5+. The summed E-state index contributed by atoms with van der Waals surface area (Å²) >= 11 is 0. The number of rotatable bonds is 2. The lowest BCUT2D eigenvalue weighted by molar-refractivity contribution is 0.0903. The molecule has 2 heteroatoms. The largest absolute Gasteiger partial charge is 0.378 e. The molecule has 1 fully saturated rings. The Morgan fingerprint density at radius 2 is 2.19 bits per heavy atom. The second-order valence-electron chi connectivity index (χ2n) is 4.34. The summed E-state index contributed by atoms with van der Waals surface area (Å²) < 4.78 is 5.40. The van der Waals surface area contributed by atoms with E-state index in [1.165, 1.54) is 16.7 Å². The van der Waals surface area contributed by atoms with Crippen LogP contribution in [-0.2, 0) is 4.74 Å². The third-order valence-electron chi connectivity index (χ3n) is 3.00. The lowest BCUT2D eigenvalue weighted by atomic mass is 10.1. The number of nitrogens with one attached hydrogen (secondary N) is 1. The van der Waals surface area contributed by atoms with Gasteiger partial charge >= 0.3 is 0 Å². The van der Waals surface area contributed by atoms with Crippen LogP contribution < -0.4 is 5.32 Å². The van der Waals surface area contributed by atoms with E-state index in [2.05, 4.69) is 49.5 Å². The van der Waals surface area contributed by atoms with E-state index in [1.54, 1.807) is 0 Å². The third-order valence-corrected chi connectivity index (χ3v) is 3.00. The highest BCUT2D eigenvalue weighted by molar-refractivity contribution is 5.52. The van der Waals surface area contributed by atoms with E-state index in [1.807, 2.05) is 0 Å². The molecule has 0 saturated carbocycles. The van der Waals surface area contributed by atoms with Crippen molar-refractivity contribution in [1.29, 1.82) is 0 Å². The second kappa shape index (κ2) is 5.28. The molecule has 1 aromatic rings. The van der Waals surface area contributed by atoms with E-state index in [4.69, 9.17) is 4.74 Å². The Hall–Kier alpha value is -1.12. The van der Waals surface area contributed by atoms with Gasteiger partial charge in [-0.3, -0.25) is 0 Å². The van der Waals surface area contributed by atoms with Gasteiger partial charge < -0.3 is 10.1 Å². The number of ether oxygens (including phenoxy) is 1. The zero-order valence-electron chi connectivity index (χ0n) is 9.99. The lowest BCUT2D eigenvalue weighted by Gasteiger charge is -2.20. The van der Waals surface area contributed by atoms with Crippen LogP contribution in [0.3, 0.4) is 0 Å². The number of hydrogen-bond donors (Lipinski definition) is 1. The van der Waals surface area contributed by atoms with Crippen LogP contribution in [0, 0.1) is 13.8 Å². The van der Waals surface area contributed by atoms with Gasteiger partial charge in [0.1, 0.15) is 0 Å². The summed E-state index contributed by atoms with van der Waals surface area (Å²) in [5, 5.41) is 3.40. The molecular weight excluding hydrogens is 198 g/mol. The van der Waals surface area contributed by atoms with Gasteiger partial charge in [-0.15, -0.1) is 0 Å². The van der Waals surface area contributed by atoms with Crippen molar-refractivity contribution in [2.45, 2.75) is 19.9 Å². The van der Waals surface area contributed by atoms with Gasteiger partial charge in [-0.25, -0.2) is 0 Å². The van der Waals surface area contributed by atoms with E-state index in [-0.39, 0.29) is 0 Å². The highest BCUT2D eigenvalue weighted by Crippen LogP contribution is 2.11. The summed E-state index contributed by atoms with van der Waals surface area (Å²) in [4.78, 5) is 0. The Balaban J connectivity index is 2.02. The summed E-state index contributed by atoms with van der Waals surface area (Å²) in [6.07, 6.45) is 4.35. The maximum Gasteiger partial charge on any atom is 0.0656 e. The van der Waals surface area contributed by atoms with E-state index < -0.39 is 0 Å². The first kappa shape index (κ1) is 11.4. The van der Waals surface area contributed by atoms with Crippen LogP contribution in [0.2, 0.25) is 0 Å². The Morgan fingerprint density at radius 3 is 2.88 bits per heavy atom. The molecule has 1 heterocycles. The third kappa shape index (κ3) is 2.94. The molecule has 16 heavy (non-hydrogen) atoms. The Labute approximate surface area is 97.3 Å². The first-order valence-corrected chi connectivity index (χ1v) is 5.82. The molecule has 0 bridgehead atoms. The molecule has 0 aliphatic carbocycles. The van der Waals surface area contributed by atoms with E-state index >= 15 is 0 Å². The Bertz CT molecular complexity index is 378. The normalized spacial score (nSPS) is 21.5. The van der Waals surface area contributed by atoms with E-state index in [9.17, 15) is 0 Å². The minimum atomic E-state index is 0.357. The zero-order valence-corrected chi connectivity index (χ0v) is 9.99. The van der Waals surface area contributed by atoms with Crippen molar-refractivity contribution in [2.75, 3.05) is 19.8 Å². The minimum absolute atomic E-state index is 0.357. The molecule has 0 aromatic heterocycles. The molecule has 0 radical (unpaired) electrons. The quantitative estimate of drug-likeness (QED) is 0.820. The molecule has 1 atom stereocenters. The fourth-order valence-corrected chi connectivity index (χ4v) is 1.80. The topological polar surface area (TPSA) is 21.3 Å². The maximum absolute atomic E-state index is 5.40. The average molecular weight is 217 g/mol. The fourth-order valence-electron chi connectivity index (χ4n) is 1.80. The molecule has 1 saturated heterocycles. The van der Waals surface area contributed by atoms with E-state index in [0.29, 0.717) is 6.04 Å². The summed E-state index contributed by atoms with van der Waals surface area (Å²) in [7, 11) is 0. The van der Waals surface area contributed by atoms with Gasteiger partial charge in [-0.2, -0.15) is 0 Å². The number of aryl methyl sites for hydroxylation is 2. The molecule has 0 spiro atoms. The molecule has 1 aromatic carbocycles. The monoisotopic (exact) mass is 217 g/mol. The van der Waals surface area contributed by atoms with Crippen molar-refractivity contribution >= 4 is 6.08 Å². The van der Waals surface area contributed by atoms with Gasteiger partial charge in [-0.05, 0) is 30.5 Å². The van der Waals surface area contributed by atoms with Crippen LogP contribution >= 0.6 is 0 Å². The number of hydrogen-bond acceptors (Lipinski definition) is 2. The zero-order chi connectivity index (χ0) is 11.4. The highest BCUT2D eigenvalue weighted by Gasteiger charge is 2.08. The van der Waals surface area contributed by atoms with Crippen molar-refractivity contribution in [3.05, 3.63) is 41.0 Å². The fraction of sp³-hybridized carbons (Fsp3) is 0.429. The lowest BCUT2D eigenvalue weighted by Crippen LogP contribution is -2.39. The molecule has 2 nitrogen and oxygen atoms in total. The molecule has 1 N–H and O–H groups in total. The number of benzene rings is 1. The SMILES string of the molecule is Cc1ccc(/C=C/C2COCCN2)cc1C. The van der Waals surface area contributed by atoms with Crippen LogP contribution in [0.4, 0.5) is 0 Å². The van der Waals surface area contributed by atoms with Gasteiger partial charge in [0.2, 0.25) is 0 Å². The molecule has 0 amide bonds. The van der Waals surface area contributed by atoms with Crippen molar-refractivity contribution in [2.24, 2.45) is 0 Å². The van der Waals surface area contributed by atoms with Crippen LogP contribution in [0.5, 0.6) is 0 Å². The van der Waals surface area contributed by atoms with Gasteiger partial charge in [0.15, 0.2) is 0 Å². The summed E-state index contributed by atoms with van der Waals surface area (Å²) in [6, 6.07) is 6.90. The van der Waals surface area contributed by atoms with Crippen LogP contribution in [0.1, 0.15) is 16.7 Å². The van der Waals surface area contributed by atoms with Gasteiger partial charge in [0.05, 0.1) is 13.2 Å². The minimum Gasteiger partial charge on any atom is -0.378 e. The van der Waals surface area contributed by atoms with E-state index in [0.717, 1.165) is 19.8 Å². The summed E-state index contributed by atoms with van der Waals surface area (Å²) in [6.45, 7) is 6.84. The smallest absolute Gasteiger partial charge is 0.0656 e. The maximum atomic E-state index is 5.40.